The molecule has 2 heterocycles. The molecule has 118 valence electrons. The summed E-state index contributed by atoms with van der Waals surface area (Å²) < 4.78 is 50.4. The van der Waals surface area contributed by atoms with Crippen molar-refractivity contribution in [3.63, 3.8) is 0 Å². The van der Waals surface area contributed by atoms with Crippen molar-refractivity contribution in [3.05, 3.63) is 41.2 Å². The zero-order chi connectivity index (χ0) is 15.7. The molecule has 2 aliphatic rings. The minimum absolute atomic E-state index is 0.220. The first kappa shape index (κ1) is 15.1. The summed E-state index contributed by atoms with van der Waals surface area (Å²) in [6.07, 6.45) is -2.91. The van der Waals surface area contributed by atoms with E-state index in [0.717, 1.165) is 6.07 Å². The van der Waals surface area contributed by atoms with Crippen LogP contribution in [0.15, 0.2) is 30.0 Å². The van der Waals surface area contributed by atoms with Gasteiger partial charge in [0.05, 0.1) is 18.1 Å². The highest BCUT2D eigenvalue weighted by molar-refractivity contribution is 5.70. The van der Waals surface area contributed by atoms with Crippen LogP contribution in [0.4, 0.5) is 13.2 Å². The van der Waals surface area contributed by atoms with E-state index in [0.29, 0.717) is 26.0 Å². The van der Waals surface area contributed by atoms with Crippen molar-refractivity contribution < 1.29 is 27.4 Å². The van der Waals surface area contributed by atoms with Gasteiger partial charge in [0.2, 0.25) is 0 Å². The topological polar surface area (TPSA) is 47.6 Å². The van der Waals surface area contributed by atoms with Gasteiger partial charge in [-0.2, -0.15) is 13.2 Å². The van der Waals surface area contributed by atoms with Crippen LogP contribution in [0.5, 0.6) is 5.75 Å². The Balaban J connectivity index is 2.01. The zero-order valence-electron chi connectivity index (χ0n) is 11.5. The number of para-hydroxylation sites is 1. The van der Waals surface area contributed by atoms with Gasteiger partial charge in [-0.05, 0) is 12.1 Å². The lowest BCUT2D eigenvalue weighted by Gasteiger charge is -2.31. The molecule has 1 fully saturated rings. The number of hydrogen-bond donors (Lipinski definition) is 1. The normalized spacial score (nSPS) is 25.0. The smallest absolute Gasteiger partial charge is 0.419 e. The molecule has 22 heavy (non-hydrogen) atoms. The highest BCUT2D eigenvalue weighted by atomic mass is 19.4. The molecule has 0 aliphatic carbocycles. The molecule has 1 aromatic rings. The molecule has 1 aromatic carbocycles. The maximum atomic E-state index is 13.1. The molecule has 0 amide bonds. The summed E-state index contributed by atoms with van der Waals surface area (Å²) in [7, 11) is 0. The van der Waals surface area contributed by atoms with Gasteiger partial charge >= 0.3 is 6.18 Å². The van der Waals surface area contributed by atoms with Gasteiger partial charge < -0.3 is 19.6 Å². The molecule has 2 unspecified atom stereocenters. The average Bonchev–Trinajstić information content (AvgIpc) is 2.53. The van der Waals surface area contributed by atoms with Crippen LogP contribution in [0.1, 0.15) is 17.0 Å². The summed E-state index contributed by atoms with van der Waals surface area (Å²) >= 11 is 0. The van der Waals surface area contributed by atoms with Crippen LogP contribution in [0.25, 0.3) is 0 Å². The fraction of sp³-hybridized carbons (Fsp3) is 0.400. The van der Waals surface area contributed by atoms with E-state index >= 15 is 0 Å². The molecule has 3 rings (SSSR count). The lowest BCUT2D eigenvalue weighted by Crippen LogP contribution is -2.41. The number of carbonyl (C=O) groups excluding carboxylic acids is 1. The van der Waals surface area contributed by atoms with Gasteiger partial charge in [0.1, 0.15) is 23.9 Å². The van der Waals surface area contributed by atoms with Crippen molar-refractivity contribution in [2.45, 2.75) is 18.2 Å². The van der Waals surface area contributed by atoms with Gasteiger partial charge in [-0.15, -0.1) is 0 Å². The molecule has 2 aliphatic heterocycles. The molecule has 0 saturated carbocycles. The van der Waals surface area contributed by atoms with E-state index in [9.17, 15) is 18.0 Å². The standard InChI is InChI=1S/C15H14F3NO3/c16-15(17,18)11-3-1-2-10-9(8-20)6-12(22-14(10)11)13-7-19-4-5-21-13/h1-3,6,8-9,13,19H,4-5,7H2. The number of aldehydes is 1. The first-order valence-electron chi connectivity index (χ1n) is 6.88. The quantitative estimate of drug-likeness (QED) is 0.851. The third kappa shape index (κ3) is 2.74. The summed E-state index contributed by atoms with van der Waals surface area (Å²) in [5.41, 5.74) is -0.663. The third-order valence-electron chi connectivity index (χ3n) is 3.67. The second-order valence-corrected chi connectivity index (χ2v) is 5.12. The minimum atomic E-state index is -4.55. The number of fused-ring (bicyclic) bond motifs is 1. The fourth-order valence-corrected chi connectivity index (χ4v) is 2.61. The Hall–Kier alpha value is -1.86. The van der Waals surface area contributed by atoms with Crippen LogP contribution in [0.3, 0.4) is 0 Å². The molecule has 2 atom stereocenters. The van der Waals surface area contributed by atoms with E-state index in [1.165, 1.54) is 18.2 Å². The number of ether oxygens (including phenoxy) is 2. The molecule has 0 bridgehead atoms. The van der Waals surface area contributed by atoms with Crippen LogP contribution >= 0.6 is 0 Å². The lowest BCUT2D eigenvalue weighted by atomic mass is 9.93. The van der Waals surface area contributed by atoms with Crippen LogP contribution < -0.4 is 10.1 Å². The number of allylic oxidation sites excluding steroid dienone is 1. The summed E-state index contributed by atoms with van der Waals surface area (Å²) in [4.78, 5) is 11.3. The number of carbonyl (C=O) groups is 1. The highest BCUT2D eigenvalue weighted by Crippen LogP contribution is 2.44. The molecule has 1 N–H and O–H groups in total. The average molecular weight is 313 g/mol. The fourth-order valence-electron chi connectivity index (χ4n) is 2.61. The highest BCUT2D eigenvalue weighted by Gasteiger charge is 2.39. The maximum Gasteiger partial charge on any atom is 0.419 e. The van der Waals surface area contributed by atoms with Crippen molar-refractivity contribution >= 4 is 6.29 Å². The van der Waals surface area contributed by atoms with Crippen molar-refractivity contribution in [2.24, 2.45) is 0 Å². The van der Waals surface area contributed by atoms with Crippen molar-refractivity contribution in [3.8, 4) is 5.75 Å². The SMILES string of the molecule is O=CC1C=C(C2CNCCO2)Oc2c1cccc2C(F)(F)F. The van der Waals surface area contributed by atoms with Crippen molar-refractivity contribution in [1.82, 2.24) is 5.32 Å². The van der Waals surface area contributed by atoms with E-state index in [2.05, 4.69) is 5.32 Å². The Morgan fingerprint density at radius 2 is 2.14 bits per heavy atom. The van der Waals surface area contributed by atoms with Gasteiger partial charge in [0, 0.05) is 18.7 Å². The zero-order valence-corrected chi connectivity index (χ0v) is 11.5. The summed E-state index contributed by atoms with van der Waals surface area (Å²) in [6, 6.07) is 3.69. The van der Waals surface area contributed by atoms with Crippen LogP contribution in [-0.2, 0) is 15.7 Å². The number of morpholine rings is 1. The molecule has 4 nitrogen and oxygen atoms in total. The second kappa shape index (κ2) is 5.73. The molecule has 0 spiro atoms. The van der Waals surface area contributed by atoms with Gasteiger partial charge in [-0.1, -0.05) is 12.1 Å². The Morgan fingerprint density at radius 1 is 1.32 bits per heavy atom. The van der Waals surface area contributed by atoms with Crippen molar-refractivity contribution in [1.29, 1.82) is 0 Å². The number of rotatable bonds is 2. The Bertz CT molecular complexity index is 607. The largest absolute Gasteiger partial charge is 0.458 e. The van der Waals surface area contributed by atoms with Crippen LogP contribution in [-0.4, -0.2) is 32.1 Å². The Kier molecular flexibility index (Phi) is 3.92. The molecule has 0 radical (unpaired) electrons. The number of benzene rings is 1. The van der Waals surface area contributed by atoms with E-state index in [-0.39, 0.29) is 17.1 Å². The van der Waals surface area contributed by atoms with Gasteiger partial charge in [-0.25, -0.2) is 0 Å². The molecule has 1 saturated heterocycles. The van der Waals surface area contributed by atoms with Gasteiger partial charge in [0.25, 0.3) is 0 Å². The summed E-state index contributed by atoms with van der Waals surface area (Å²) in [5.74, 6) is -0.834. The first-order chi connectivity index (χ1) is 10.5. The number of hydrogen-bond acceptors (Lipinski definition) is 4. The van der Waals surface area contributed by atoms with Crippen molar-refractivity contribution in [2.75, 3.05) is 19.7 Å². The third-order valence-corrected chi connectivity index (χ3v) is 3.67. The van der Waals surface area contributed by atoms with Gasteiger partial charge in [0.15, 0.2) is 0 Å². The predicted molar refractivity (Wildman–Crippen MR) is 71.6 cm³/mol. The van der Waals surface area contributed by atoms with Crippen LogP contribution in [0, 0.1) is 0 Å². The molecule has 0 aromatic heterocycles. The molecular formula is C15H14F3NO3. The van der Waals surface area contributed by atoms with E-state index < -0.39 is 23.8 Å². The molecule has 7 heteroatoms. The summed E-state index contributed by atoms with van der Waals surface area (Å²) in [5, 5.41) is 3.08. The van der Waals surface area contributed by atoms with E-state index in [4.69, 9.17) is 9.47 Å². The van der Waals surface area contributed by atoms with Gasteiger partial charge in [-0.3, -0.25) is 0 Å². The minimum Gasteiger partial charge on any atom is -0.458 e. The number of halogens is 3. The first-order valence-corrected chi connectivity index (χ1v) is 6.88. The monoisotopic (exact) mass is 313 g/mol. The summed E-state index contributed by atoms with van der Waals surface area (Å²) in [6.45, 7) is 1.54. The van der Waals surface area contributed by atoms with E-state index in [1.807, 2.05) is 0 Å². The Labute approximate surface area is 124 Å². The number of alkyl halides is 3. The lowest BCUT2D eigenvalue weighted by molar-refractivity contribution is -0.139. The Morgan fingerprint density at radius 3 is 2.77 bits per heavy atom. The maximum absolute atomic E-state index is 13.1. The number of nitrogens with one attached hydrogen (secondary N) is 1. The second-order valence-electron chi connectivity index (χ2n) is 5.12. The predicted octanol–water partition coefficient (Wildman–Crippen LogP) is 2.25. The molecular weight excluding hydrogens is 299 g/mol. The van der Waals surface area contributed by atoms with Crippen LogP contribution in [0.2, 0.25) is 0 Å². The van der Waals surface area contributed by atoms with E-state index in [1.54, 1.807) is 0 Å².